The van der Waals surface area contributed by atoms with Crippen molar-refractivity contribution in [2.75, 3.05) is 13.1 Å². The van der Waals surface area contributed by atoms with E-state index in [9.17, 15) is 9.59 Å². The van der Waals surface area contributed by atoms with Crippen molar-refractivity contribution in [3.8, 4) is 0 Å². The number of aromatic nitrogens is 1. The molecular formula is C17H27N3O3S. The molecule has 0 aromatic carbocycles. The summed E-state index contributed by atoms with van der Waals surface area (Å²) in [6.07, 6.45) is 1.75. The molecule has 1 fully saturated rings. The second kappa shape index (κ2) is 7.51. The molecule has 0 saturated carbocycles. The lowest BCUT2D eigenvalue weighted by molar-refractivity contribution is 0.0523. The second-order valence-electron chi connectivity index (χ2n) is 7.38. The SMILES string of the molecule is Cc1nc(CNC(=O)OC(C)(C)C)sc1C(=O)N1CCCC(C)C1. The van der Waals surface area contributed by atoms with Crippen LogP contribution < -0.4 is 5.32 Å². The molecule has 134 valence electrons. The average molecular weight is 353 g/mol. The van der Waals surface area contributed by atoms with E-state index in [4.69, 9.17) is 4.74 Å². The summed E-state index contributed by atoms with van der Waals surface area (Å²) in [6, 6.07) is 0. The minimum Gasteiger partial charge on any atom is -0.444 e. The van der Waals surface area contributed by atoms with Crippen molar-refractivity contribution in [3.05, 3.63) is 15.6 Å². The van der Waals surface area contributed by atoms with Crippen molar-refractivity contribution in [2.45, 2.75) is 59.6 Å². The van der Waals surface area contributed by atoms with Crippen molar-refractivity contribution >= 4 is 23.3 Å². The Bertz CT molecular complexity index is 607. The molecule has 1 aliphatic rings. The smallest absolute Gasteiger partial charge is 0.408 e. The summed E-state index contributed by atoms with van der Waals surface area (Å²) in [4.78, 5) is 31.4. The lowest BCUT2D eigenvalue weighted by Crippen LogP contribution is -2.39. The number of thiazole rings is 1. The van der Waals surface area contributed by atoms with Gasteiger partial charge in [-0.1, -0.05) is 6.92 Å². The van der Waals surface area contributed by atoms with Crippen molar-refractivity contribution in [1.29, 1.82) is 0 Å². The largest absolute Gasteiger partial charge is 0.444 e. The van der Waals surface area contributed by atoms with E-state index in [-0.39, 0.29) is 12.5 Å². The molecule has 1 N–H and O–H groups in total. The van der Waals surface area contributed by atoms with Gasteiger partial charge in [-0.3, -0.25) is 4.79 Å². The molecule has 2 rings (SSSR count). The van der Waals surface area contributed by atoms with Crippen molar-refractivity contribution in [2.24, 2.45) is 5.92 Å². The molecular weight excluding hydrogens is 326 g/mol. The molecule has 0 spiro atoms. The van der Waals surface area contributed by atoms with Crippen LogP contribution in [0.3, 0.4) is 0 Å². The third kappa shape index (κ3) is 5.19. The first-order valence-electron chi connectivity index (χ1n) is 8.38. The van der Waals surface area contributed by atoms with E-state index in [2.05, 4.69) is 17.2 Å². The molecule has 1 aliphatic heterocycles. The summed E-state index contributed by atoms with van der Waals surface area (Å²) in [5.74, 6) is 0.601. The van der Waals surface area contributed by atoms with Gasteiger partial charge in [0.25, 0.3) is 5.91 Å². The van der Waals surface area contributed by atoms with Gasteiger partial charge < -0.3 is 15.0 Å². The number of rotatable bonds is 3. The van der Waals surface area contributed by atoms with Crippen molar-refractivity contribution in [1.82, 2.24) is 15.2 Å². The van der Waals surface area contributed by atoms with E-state index < -0.39 is 11.7 Å². The Hall–Kier alpha value is -1.63. The van der Waals surface area contributed by atoms with Crippen LogP contribution in [0.15, 0.2) is 0 Å². The van der Waals surface area contributed by atoms with Crippen LogP contribution in [0.5, 0.6) is 0 Å². The number of ether oxygens (including phenoxy) is 1. The molecule has 0 radical (unpaired) electrons. The summed E-state index contributed by atoms with van der Waals surface area (Å²) in [6.45, 7) is 11.4. The zero-order valence-electron chi connectivity index (χ0n) is 15.1. The Labute approximate surface area is 147 Å². The standard InChI is InChI=1S/C17H27N3O3S/c1-11-7-6-8-20(10-11)15(21)14-12(2)19-13(24-14)9-18-16(22)23-17(3,4)5/h11H,6-10H2,1-5H3,(H,18,22). The van der Waals surface area contributed by atoms with Gasteiger partial charge in [0.15, 0.2) is 0 Å². The quantitative estimate of drug-likeness (QED) is 0.904. The molecule has 6 nitrogen and oxygen atoms in total. The number of likely N-dealkylation sites (tertiary alicyclic amines) is 1. The normalized spacial score (nSPS) is 18.4. The number of carbonyl (C=O) groups is 2. The van der Waals surface area contributed by atoms with Crippen LogP contribution in [-0.2, 0) is 11.3 Å². The molecule has 1 unspecified atom stereocenters. The highest BCUT2D eigenvalue weighted by Gasteiger charge is 2.25. The maximum atomic E-state index is 12.7. The molecule has 1 atom stereocenters. The number of hydrogen-bond acceptors (Lipinski definition) is 5. The molecule has 2 amide bonds. The number of hydrogen-bond donors (Lipinski definition) is 1. The van der Waals surface area contributed by atoms with E-state index in [0.29, 0.717) is 15.8 Å². The minimum atomic E-state index is -0.533. The van der Waals surface area contributed by atoms with Crippen LogP contribution in [-0.4, -0.2) is 40.6 Å². The molecule has 7 heteroatoms. The zero-order valence-corrected chi connectivity index (χ0v) is 16.0. The van der Waals surface area contributed by atoms with Gasteiger partial charge >= 0.3 is 6.09 Å². The molecule has 24 heavy (non-hydrogen) atoms. The van der Waals surface area contributed by atoms with Crippen LogP contribution in [0.4, 0.5) is 4.79 Å². The highest BCUT2D eigenvalue weighted by atomic mass is 32.1. The van der Waals surface area contributed by atoms with Gasteiger partial charge in [-0.25, -0.2) is 9.78 Å². The predicted molar refractivity (Wildman–Crippen MR) is 94.2 cm³/mol. The van der Waals surface area contributed by atoms with Gasteiger partial charge in [0, 0.05) is 13.1 Å². The average Bonchev–Trinajstić information content (AvgIpc) is 2.84. The highest BCUT2D eigenvalue weighted by Crippen LogP contribution is 2.23. The fourth-order valence-electron chi connectivity index (χ4n) is 2.71. The first kappa shape index (κ1) is 18.7. The highest BCUT2D eigenvalue weighted by molar-refractivity contribution is 7.13. The number of nitrogens with one attached hydrogen (secondary N) is 1. The molecule has 1 saturated heterocycles. The number of alkyl carbamates (subject to hydrolysis) is 1. The van der Waals surface area contributed by atoms with Gasteiger partial charge in [-0.15, -0.1) is 11.3 Å². The monoisotopic (exact) mass is 353 g/mol. The van der Waals surface area contributed by atoms with Crippen LogP contribution in [0.25, 0.3) is 0 Å². The fourth-order valence-corrected chi connectivity index (χ4v) is 3.68. The Morgan fingerprint density at radius 1 is 1.42 bits per heavy atom. The Morgan fingerprint density at radius 3 is 2.75 bits per heavy atom. The van der Waals surface area contributed by atoms with E-state index in [0.717, 1.165) is 25.2 Å². The first-order chi connectivity index (χ1) is 11.2. The Morgan fingerprint density at radius 2 is 2.12 bits per heavy atom. The summed E-state index contributed by atoms with van der Waals surface area (Å²) in [5.41, 5.74) is 0.193. The van der Waals surface area contributed by atoms with Gasteiger partial charge in [0.1, 0.15) is 15.5 Å². The maximum absolute atomic E-state index is 12.7. The summed E-state index contributed by atoms with van der Waals surface area (Å²) >= 11 is 1.35. The van der Waals surface area contributed by atoms with Gasteiger partial charge in [0.05, 0.1) is 12.2 Å². The van der Waals surface area contributed by atoms with Crippen molar-refractivity contribution < 1.29 is 14.3 Å². The van der Waals surface area contributed by atoms with Crippen LogP contribution >= 0.6 is 11.3 Å². The van der Waals surface area contributed by atoms with Crippen LogP contribution in [0.2, 0.25) is 0 Å². The molecule has 0 aliphatic carbocycles. The van der Waals surface area contributed by atoms with E-state index in [1.807, 2.05) is 32.6 Å². The van der Waals surface area contributed by atoms with E-state index in [1.54, 1.807) is 0 Å². The first-order valence-corrected chi connectivity index (χ1v) is 9.20. The van der Waals surface area contributed by atoms with E-state index in [1.165, 1.54) is 17.8 Å². The van der Waals surface area contributed by atoms with Crippen LogP contribution in [0, 0.1) is 12.8 Å². The number of amides is 2. The van der Waals surface area contributed by atoms with Crippen molar-refractivity contribution in [3.63, 3.8) is 0 Å². The topological polar surface area (TPSA) is 71.5 Å². The van der Waals surface area contributed by atoms with Gasteiger partial charge in [0.2, 0.25) is 0 Å². The Balaban J connectivity index is 1.97. The maximum Gasteiger partial charge on any atom is 0.408 e. The van der Waals surface area contributed by atoms with Crippen LogP contribution in [0.1, 0.15) is 60.9 Å². The van der Waals surface area contributed by atoms with Gasteiger partial charge in [-0.2, -0.15) is 0 Å². The lowest BCUT2D eigenvalue weighted by atomic mass is 10.0. The third-order valence-electron chi connectivity index (χ3n) is 3.76. The third-order valence-corrected chi connectivity index (χ3v) is 4.91. The molecule has 1 aromatic heterocycles. The lowest BCUT2D eigenvalue weighted by Gasteiger charge is -2.30. The van der Waals surface area contributed by atoms with E-state index >= 15 is 0 Å². The summed E-state index contributed by atoms with van der Waals surface area (Å²) in [5, 5.41) is 3.40. The minimum absolute atomic E-state index is 0.0556. The number of piperidine rings is 1. The fraction of sp³-hybridized carbons (Fsp3) is 0.706. The molecule has 1 aromatic rings. The molecule has 2 heterocycles. The predicted octanol–water partition coefficient (Wildman–Crippen LogP) is 3.35. The second-order valence-corrected chi connectivity index (χ2v) is 8.46. The number of nitrogens with zero attached hydrogens (tertiary/aromatic N) is 2. The molecule has 0 bridgehead atoms. The summed E-state index contributed by atoms with van der Waals surface area (Å²) < 4.78 is 5.20. The Kier molecular flexibility index (Phi) is 5.85. The van der Waals surface area contributed by atoms with Gasteiger partial charge in [-0.05, 0) is 46.5 Å². The number of carbonyl (C=O) groups excluding carboxylic acids is 2. The summed E-state index contributed by atoms with van der Waals surface area (Å²) in [7, 11) is 0. The zero-order chi connectivity index (χ0) is 17.9. The number of aryl methyl sites for hydroxylation is 1.